The number of Topliss-reactive ketones (excluding diaryl/α,β-unsaturated/α-hetero) is 1. The van der Waals surface area contributed by atoms with Crippen LogP contribution in [0.3, 0.4) is 0 Å². The molecule has 1 aromatic carbocycles. The third-order valence-electron chi connectivity index (χ3n) is 3.15. The average Bonchev–Trinajstić information content (AvgIpc) is 2.32. The fourth-order valence-electron chi connectivity index (χ4n) is 2.07. The first-order chi connectivity index (χ1) is 8.15. The van der Waals surface area contributed by atoms with Gasteiger partial charge in [0, 0.05) is 29.2 Å². The number of ketones is 1. The van der Waals surface area contributed by atoms with Crippen LogP contribution in [0.25, 0.3) is 0 Å². The minimum absolute atomic E-state index is 0.182. The van der Waals surface area contributed by atoms with Gasteiger partial charge in [-0.3, -0.25) is 9.69 Å². The van der Waals surface area contributed by atoms with Crippen LogP contribution in [0.5, 0.6) is 0 Å². The van der Waals surface area contributed by atoms with Gasteiger partial charge in [-0.25, -0.2) is 0 Å². The largest absolute Gasteiger partial charge is 0.328 e. The number of rotatable bonds is 3. The Kier molecular flexibility index (Phi) is 4.31. The van der Waals surface area contributed by atoms with E-state index in [9.17, 15) is 4.79 Å². The van der Waals surface area contributed by atoms with Crippen molar-refractivity contribution in [2.45, 2.75) is 18.9 Å². The van der Waals surface area contributed by atoms with Crippen LogP contribution in [0.4, 0.5) is 0 Å². The normalized spacial score (nSPS) is 18.2. The fraction of sp³-hybridized carbons (Fsp3) is 0.462. The van der Waals surface area contributed by atoms with Gasteiger partial charge in [0.2, 0.25) is 0 Å². The van der Waals surface area contributed by atoms with Gasteiger partial charge in [0.15, 0.2) is 5.78 Å². The molecule has 1 saturated heterocycles. The van der Waals surface area contributed by atoms with E-state index in [4.69, 9.17) is 5.73 Å². The zero-order chi connectivity index (χ0) is 12.3. The molecular weight excluding hydrogens is 280 g/mol. The predicted molar refractivity (Wildman–Crippen MR) is 72.1 cm³/mol. The number of hydrogen-bond acceptors (Lipinski definition) is 3. The van der Waals surface area contributed by atoms with Gasteiger partial charge in [0.05, 0.1) is 6.54 Å². The van der Waals surface area contributed by atoms with Crippen LogP contribution in [0, 0.1) is 0 Å². The van der Waals surface area contributed by atoms with Crippen LogP contribution < -0.4 is 5.73 Å². The Morgan fingerprint density at radius 2 is 2.12 bits per heavy atom. The maximum atomic E-state index is 12.1. The molecule has 0 unspecified atom stereocenters. The third kappa shape index (κ3) is 3.63. The van der Waals surface area contributed by atoms with Gasteiger partial charge in [0.25, 0.3) is 0 Å². The number of carbonyl (C=O) groups is 1. The highest BCUT2D eigenvalue weighted by molar-refractivity contribution is 9.10. The first kappa shape index (κ1) is 12.7. The maximum Gasteiger partial charge on any atom is 0.176 e. The molecule has 0 aliphatic carbocycles. The van der Waals surface area contributed by atoms with Crippen molar-refractivity contribution in [2.24, 2.45) is 5.73 Å². The first-order valence-electron chi connectivity index (χ1n) is 5.92. The lowest BCUT2D eigenvalue weighted by molar-refractivity contribution is 0.0910. The highest BCUT2D eigenvalue weighted by atomic mass is 79.9. The molecule has 0 aromatic heterocycles. The Balaban J connectivity index is 1.93. The molecule has 0 atom stereocenters. The summed E-state index contributed by atoms with van der Waals surface area (Å²) in [6.45, 7) is 2.37. The molecule has 0 bridgehead atoms. The van der Waals surface area contributed by atoms with Crippen molar-refractivity contribution in [3.63, 3.8) is 0 Å². The van der Waals surface area contributed by atoms with E-state index in [0.29, 0.717) is 12.6 Å². The summed E-state index contributed by atoms with van der Waals surface area (Å²) in [4.78, 5) is 14.2. The molecule has 92 valence electrons. The van der Waals surface area contributed by atoms with Crippen molar-refractivity contribution in [3.05, 3.63) is 34.3 Å². The van der Waals surface area contributed by atoms with Crippen molar-refractivity contribution in [3.8, 4) is 0 Å². The number of benzene rings is 1. The second-order valence-electron chi connectivity index (χ2n) is 4.55. The zero-order valence-electron chi connectivity index (χ0n) is 9.73. The minimum Gasteiger partial charge on any atom is -0.328 e. The Labute approximate surface area is 110 Å². The number of carbonyl (C=O) groups excluding carboxylic acids is 1. The lowest BCUT2D eigenvalue weighted by Gasteiger charge is -2.29. The molecule has 1 aliphatic rings. The van der Waals surface area contributed by atoms with Gasteiger partial charge in [-0.2, -0.15) is 0 Å². The van der Waals surface area contributed by atoms with E-state index in [1.54, 1.807) is 0 Å². The summed E-state index contributed by atoms with van der Waals surface area (Å²) >= 11 is 3.38. The lowest BCUT2D eigenvalue weighted by atomic mass is 10.0. The van der Waals surface area contributed by atoms with Crippen molar-refractivity contribution in [2.75, 3.05) is 19.6 Å². The zero-order valence-corrected chi connectivity index (χ0v) is 11.3. The topological polar surface area (TPSA) is 46.3 Å². The summed E-state index contributed by atoms with van der Waals surface area (Å²) in [6, 6.07) is 7.87. The Morgan fingerprint density at radius 1 is 1.41 bits per heavy atom. The maximum absolute atomic E-state index is 12.1. The highest BCUT2D eigenvalue weighted by Crippen LogP contribution is 2.14. The summed E-state index contributed by atoms with van der Waals surface area (Å²) < 4.78 is 0.948. The second-order valence-corrected chi connectivity index (χ2v) is 5.46. The summed E-state index contributed by atoms with van der Waals surface area (Å²) in [5.41, 5.74) is 6.61. The van der Waals surface area contributed by atoms with Crippen LogP contribution in [-0.4, -0.2) is 36.4 Å². The van der Waals surface area contributed by atoms with Gasteiger partial charge in [0.1, 0.15) is 0 Å². The number of likely N-dealkylation sites (tertiary alicyclic amines) is 1. The van der Waals surface area contributed by atoms with Crippen LogP contribution in [0.15, 0.2) is 28.7 Å². The summed E-state index contributed by atoms with van der Waals surface area (Å²) in [6.07, 6.45) is 1.98. The van der Waals surface area contributed by atoms with Gasteiger partial charge in [-0.05, 0) is 25.0 Å². The molecule has 0 amide bonds. The Hall–Kier alpha value is -0.710. The molecule has 2 N–H and O–H groups in total. The molecule has 1 aromatic rings. The second kappa shape index (κ2) is 5.76. The van der Waals surface area contributed by atoms with E-state index in [1.807, 2.05) is 24.3 Å². The number of piperidine rings is 1. The van der Waals surface area contributed by atoms with Gasteiger partial charge < -0.3 is 5.73 Å². The van der Waals surface area contributed by atoms with E-state index in [1.165, 1.54) is 0 Å². The number of halogens is 1. The molecule has 1 aliphatic heterocycles. The molecule has 3 nitrogen and oxygen atoms in total. The standard InChI is InChI=1S/C13H17BrN2O/c14-11-3-1-2-10(8-11)13(17)9-16-6-4-12(15)5-7-16/h1-3,8,12H,4-7,9,15H2. The van der Waals surface area contributed by atoms with Crippen molar-refractivity contribution < 1.29 is 4.79 Å². The average molecular weight is 297 g/mol. The smallest absolute Gasteiger partial charge is 0.176 e. The molecule has 4 heteroatoms. The summed E-state index contributed by atoms with van der Waals surface area (Å²) in [5, 5.41) is 0. The summed E-state index contributed by atoms with van der Waals surface area (Å²) in [5.74, 6) is 0.182. The molecule has 1 fully saturated rings. The van der Waals surface area contributed by atoms with E-state index in [0.717, 1.165) is 36.0 Å². The van der Waals surface area contributed by atoms with E-state index >= 15 is 0 Å². The van der Waals surface area contributed by atoms with Crippen LogP contribution in [0.2, 0.25) is 0 Å². The third-order valence-corrected chi connectivity index (χ3v) is 3.64. The molecule has 17 heavy (non-hydrogen) atoms. The molecule has 1 heterocycles. The Morgan fingerprint density at radius 3 is 2.76 bits per heavy atom. The number of nitrogens with zero attached hydrogens (tertiary/aromatic N) is 1. The van der Waals surface area contributed by atoms with Crippen molar-refractivity contribution in [1.82, 2.24) is 4.90 Å². The van der Waals surface area contributed by atoms with Crippen LogP contribution in [0.1, 0.15) is 23.2 Å². The van der Waals surface area contributed by atoms with E-state index in [2.05, 4.69) is 20.8 Å². The summed E-state index contributed by atoms with van der Waals surface area (Å²) in [7, 11) is 0. The van der Waals surface area contributed by atoms with Crippen LogP contribution in [-0.2, 0) is 0 Å². The molecule has 0 saturated carbocycles. The van der Waals surface area contributed by atoms with E-state index in [-0.39, 0.29) is 5.78 Å². The first-order valence-corrected chi connectivity index (χ1v) is 6.71. The molecular formula is C13H17BrN2O. The lowest BCUT2D eigenvalue weighted by Crippen LogP contribution is -2.41. The predicted octanol–water partition coefficient (Wildman–Crippen LogP) is 2.05. The number of nitrogens with two attached hydrogens (primary N) is 1. The SMILES string of the molecule is NC1CCN(CC(=O)c2cccc(Br)c2)CC1. The van der Waals surface area contributed by atoms with Gasteiger partial charge in [-0.15, -0.1) is 0 Å². The van der Waals surface area contributed by atoms with Gasteiger partial charge >= 0.3 is 0 Å². The molecule has 2 rings (SSSR count). The monoisotopic (exact) mass is 296 g/mol. The van der Waals surface area contributed by atoms with Gasteiger partial charge in [-0.1, -0.05) is 28.1 Å². The quantitative estimate of drug-likeness (QED) is 0.869. The minimum atomic E-state index is 0.182. The molecule has 0 radical (unpaired) electrons. The molecule has 0 spiro atoms. The highest BCUT2D eigenvalue weighted by Gasteiger charge is 2.18. The Bertz CT molecular complexity index is 400. The van der Waals surface area contributed by atoms with Crippen molar-refractivity contribution >= 4 is 21.7 Å². The fourth-order valence-corrected chi connectivity index (χ4v) is 2.47. The van der Waals surface area contributed by atoms with E-state index < -0.39 is 0 Å². The number of hydrogen-bond donors (Lipinski definition) is 1. The van der Waals surface area contributed by atoms with Crippen molar-refractivity contribution in [1.29, 1.82) is 0 Å². The van der Waals surface area contributed by atoms with Crippen LogP contribution >= 0.6 is 15.9 Å².